The van der Waals surface area contributed by atoms with Crippen molar-refractivity contribution < 1.29 is 5.11 Å². The van der Waals surface area contributed by atoms with E-state index >= 15 is 0 Å². The molecule has 20 heavy (non-hydrogen) atoms. The Morgan fingerprint density at radius 3 is 2.85 bits per heavy atom. The molecule has 0 spiro atoms. The maximum Gasteiger partial charge on any atom is 0.0805 e. The third kappa shape index (κ3) is 4.05. The van der Waals surface area contributed by atoms with E-state index in [0.29, 0.717) is 6.04 Å². The lowest BCUT2D eigenvalue weighted by Crippen LogP contribution is -2.50. The highest BCUT2D eigenvalue weighted by atomic mass is 16.3. The average Bonchev–Trinajstić information content (AvgIpc) is 2.43. The fourth-order valence-electron chi connectivity index (χ4n) is 2.99. The molecule has 0 radical (unpaired) electrons. The molecule has 3 heteroatoms. The van der Waals surface area contributed by atoms with Gasteiger partial charge < -0.3 is 14.9 Å². The van der Waals surface area contributed by atoms with Gasteiger partial charge in [-0.05, 0) is 38.1 Å². The molecule has 1 aliphatic rings. The third-order valence-electron chi connectivity index (χ3n) is 4.35. The topological polar surface area (TPSA) is 26.7 Å². The summed E-state index contributed by atoms with van der Waals surface area (Å²) in [5.41, 5.74) is 2.40. The van der Waals surface area contributed by atoms with Crippen LogP contribution in [0, 0.1) is 0 Å². The molecule has 1 saturated heterocycles. The highest BCUT2D eigenvalue weighted by Crippen LogP contribution is 2.23. The summed E-state index contributed by atoms with van der Waals surface area (Å²) in [5.74, 6) is 0. The van der Waals surface area contributed by atoms with E-state index in [-0.39, 0.29) is 6.10 Å². The molecule has 1 aliphatic heterocycles. The first kappa shape index (κ1) is 15.5. The van der Waals surface area contributed by atoms with E-state index in [1.54, 1.807) is 0 Å². The van der Waals surface area contributed by atoms with E-state index in [1.165, 1.54) is 5.56 Å². The van der Waals surface area contributed by atoms with Crippen LogP contribution < -0.4 is 0 Å². The summed E-state index contributed by atoms with van der Waals surface area (Å²) in [6.07, 6.45) is 2.70. The molecule has 112 valence electrons. The number of aliphatic hydroxyl groups is 1. The van der Waals surface area contributed by atoms with Crippen molar-refractivity contribution in [3.8, 4) is 0 Å². The minimum Gasteiger partial charge on any atom is -0.388 e. The number of aryl methyl sites for hydroxylation is 1. The molecular weight excluding hydrogens is 248 g/mol. The largest absolute Gasteiger partial charge is 0.388 e. The van der Waals surface area contributed by atoms with Crippen molar-refractivity contribution in [2.75, 3.05) is 33.7 Å². The van der Waals surface area contributed by atoms with Gasteiger partial charge in [0.15, 0.2) is 0 Å². The SMILES string of the molecule is CCCc1cccc(C(O)CC2CN(C)CCN2C)c1. The average molecular weight is 276 g/mol. The number of nitrogens with zero attached hydrogens (tertiary/aromatic N) is 2. The Bertz CT molecular complexity index is 421. The number of hydrogen-bond acceptors (Lipinski definition) is 3. The molecule has 1 N–H and O–H groups in total. The van der Waals surface area contributed by atoms with E-state index in [0.717, 1.165) is 44.5 Å². The van der Waals surface area contributed by atoms with Crippen molar-refractivity contribution in [1.29, 1.82) is 0 Å². The summed E-state index contributed by atoms with van der Waals surface area (Å²) in [6, 6.07) is 8.89. The summed E-state index contributed by atoms with van der Waals surface area (Å²) in [5, 5.41) is 10.5. The van der Waals surface area contributed by atoms with Gasteiger partial charge in [0.1, 0.15) is 0 Å². The molecular formula is C17H28N2O. The highest BCUT2D eigenvalue weighted by molar-refractivity contribution is 5.25. The van der Waals surface area contributed by atoms with Crippen molar-refractivity contribution in [2.24, 2.45) is 0 Å². The number of hydrogen-bond donors (Lipinski definition) is 1. The van der Waals surface area contributed by atoms with Crippen LogP contribution >= 0.6 is 0 Å². The molecule has 3 nitrogen and oxygen atoms in total. The normalized spacial score (nSPS) is 22.9. The van der Waals surface area contributed by atoms with Crippen LogP contribution in [0.1, 0.15) is 37.0 Å². The number of piperazine rings is 1. The van der Waals surface area contributed by atoms with Gasteiger partial charge in [-0.3, -0.25) is 0 Å². The van der Waals surface area contributed by atoms with Crippen LogP contribution in [-0.2, 0) is 6.42 Å². The number of benzene rings is 1. The third-order valence-corrected chi connectivity index (χ3v) is 4.35. The van der Waals surface area contributed by atoms with Crippen molar-refractivity contribution >= 4 is 0 Å². The van der Waals surface area contributed by atoms with Crippen LogP contribution in [0.3, 0.4) is 0 Å². The number of aliphatic hydroxyl groups excluding tert-OH is 1. The molecule has 2 unspecified atom stereocenters. The molecule has 2 rings (SSSR count). The van der Waals surface area contributed by atoms with Gasteiger partial charge >= 0.3 is 0 Å². The maximum atomic E-state index is 10.5. The predicted octanol–water partition coefficient (Wildman–Crippen LogP) is 2.31. The molecule has 2 atom stereocenters. The lowest BCUT2D eigenvalue weighted by molar-refractivity contribution is 0.0634. The molecule has 0 saturated carbocycles. The molecule has 0 bridgehead atoms. The second-order valence-electron chi connectivity index (χ2n) is 6.14. The highest BCUT2D eigenvalue weighted by Gasteiger charge is 2.25. The maximum absolute atomic E-state index is 10.5. The Balaban J connectivity index is 1.99. The smallest absolute Gasteiger partial charge is 0.0805 e. The Morgan fingerprint density at radius 2 is 2.10 bits per heavy atom. The molecule has 1 fully saturated rings. The predicted molar refractivity (Wildman–Crippen MR) is 83.9 cm³/mol. The van der Waals surface area contributed by atoms with Gasteiger partial charge in [-0.2, -0.15) is 0 Å². The van der Waals surface area contributed by atoms with Crippen LogP contribution in [0.4, 0.5) is 0 Å². The Morgan fingerprint density at radius 1 is 1.30 bits per heavy atom. The van der Waals surface area contributed by atoms with E-state index in [9.17, 15) is 5.11 Å². The van der Waals surface area contributed by atoms with Crippen molar-refractivity contribution in [3.63, 3.8) is 0 Å². The number of rotatable bonds is 5. The summed E-state index contributed by atoms with van der Waals surface area (Å²) in [7, 11) is 4.33. The molecule has 0 amide bonds. The lowest BCUT2D eigenvalue weighted by atomic mass is 9.97. The van der Waals surface area contributed by atoms with Gasteiger partial charge in [-0.15, -0.1) is 0 Å². The van der Waals surface area contributed by atoms with Gasteiger partial charge in [0, 0.05) is 25.7 Å². The van der Waals surface area contributed by atoms with E-state index in [2.05, 4.69) is 55.1 Å². The minimum atomic E-state index is -0.356. The van der Waals surface area contributed by atoms with Crippen LogP contribution in [-0.4, -0.2) is 54.7 Å². The first-order chi connectivity index (χ1) is 9.60. The van der Waals surface area contributed by atoms with Gasteiger partial charge in [0.2, 0.25) is 0 Å². The van der Waals surface area contributed by atoms with Crippen LogP contribution in [0.2, 0.25) is 0 Å². The molecule has 1 aromatic carbocycles. The first-order valence-electron chi connectivity index (χ1n) is 7.75. The number of likely N-dealkylation sites (N-methyl/N-ethyl adjacent to an activating group) is 2. The molecule has 0 aliphatic carbocycles. The Labute approximate surface area is 123 Å². The minimum absolute atomic E-state index is 0.356. The van der Waals surface area contributed by atoms with Crippen molar-refractivity contribution in [2.45, 2.75) is 38.3 Å². The zero-order valence-electron chi connectivity index (χ0n) is 13.0. The quantitative estimate of drug-likeness (QED) is 0.894. The monoisotopic (exact) mass is 276 g/mol. The zero-order chi connectivity index (χ0) is 14.5. The fraction of sp³-hybridized carbons (Fsp3) is 0.647. The van der Waals surface area contributed by atoms with E-state index < -0.39 is 0 Å². The molecule has 1 heterocycles. The lowest BCUT2D eigenvalue weighted by Gasteiger charge is -2.38. The van der Waals surface area contributed by atoms with Gasteiger partial charge in [0.25, 0.3) is 0 Å². The van der Waals surface area contributed by atoms with E-state index in [4.69, 9.17) is 0 Å². The van der Waals surface area contributed by atoms with Crippen LogP contribution in [0.15, 0.2) is 24.3 Å². The molecule has 0 aromatic heterocycles. The summed E-state index contributed by atoms with van der Waals surface area (Å²) in [6.45, 7) is 5.44. The van der Waals surface area contributed by atoms with Gasteiger partial charge in [-0.1, -0.05) is 37.6 Å². The van der Waals surface area contributed by atoms with Crippen LogP contribution in [0.5, 0.6) is 0 Å². The first-order valence-corrected chi connectivity index (χ1v) is 7.75. The second kappa shape index (κ2) is 7.21. The molecule has 1 aromatic rings. The van der Waals surface area contributed by atoms with Crippen molar-refractivity contribution in [1.82, 2.24) is 9.80 Å². The Hall–Kier alpha value is -0.900. The standard InChI is InChI=1S/C17H28N2O/c1-4-6-14-7-5-8-15(11-14)17(20)12-16-13-18(2)9-10-19(16)3/h5,7-8,11,16-17,20H,4,6,9-10,12-13H2,1-3H3. The van der Waals surface area contributed by atoms with Gasteiger partial charge in [-0.25, -0.2) is 0 Å². The Kier molecular flexibility index (Phi) is 5.58. The van der Waals surface area contributed by atoms with Crippen LogP contribution in [0.25, 0.3) is 0 Å². The van der Waals surface area contributed by atoms with Crippen molar-refractivity contribution in [3.05, 3.63) is 35.4 Å². The summed E-state index contributed by atoms with van der Waals surface area (Å²) < 4.78 is 0. The van der Waals surface area contributed by atoms with Gasteiger partial charge in [0.05, 0.1) is 6.10 Å². The summed E-state index contributed by atoms with van der Waals surface area (Å²) >= 11 is 0. The second-order valence-corrected chi connectivity index (χ2v) is 6.14. The zero-order valence-corrected chi connectivity index (χ0v) is 13.0. The van der Waals surface area contributed by atoms with E-state index in [1.807, 2.05) is 0 Å². The fourth-order valence-corrected chi connectivity index (χ4v) is 2.99. The summed E-state index contributed by atoms with van der Waals surface area (Å²) in [4.78, 5) is 4.73.